The topological polar surface area (TPSA) is 60.7 Å². The van der Waals surface area contributed by atoms with E-state index >= 15 is 0 Å². The first kappa shape index (κ1) is 20.9. The number of nitrogens with zero attached hydrogens (tertiary/aromatic N) is 2. The minimum atomic E-state index is -0.516. The van der Waals surface area contributed by atoms with Crippen molar-refractivity contribution < 1.29 is 14.3 Å². The Morgan fingerprint density at radius 3 is 2.46 bits per heavy atom. The molecule has 0 bridgehead atoms. The van der Waals surface area contributed by atoms with E-state index in [0.29, 0.717) is 19.9 Å². The largest absolute Gasteiger partial charge is 0.465 e. The van der Waals surface area contributed by atoms with Crippen molar-refractivity contribution in [2.75, 3.05) is 6.61 Å². The Morgan fingerprint density at radius 2 is 1.82 bits per heavy atom. The predicted octanol–water partition coefficient (Wildman–Crippen LogP) is 5.28. The van der Waals surface area contributed by atoms with Crippen molar-refractivity contribution in [3.8, 4) is 0 Å². The molecule has 0 aliphatic heterocycles. The molecule has 0 aliphatic carbocycles. The molecule has 146 valence electrons. The molecule has 0 saturated carbocycles. The van der Waals surface area contributed by atoms with Gasteiger partial charge in [-0.05, 0) is 49.7 Å². The highest BCUT2D eigenvalue weighted by atomic mass is 35.5. The minimum Gasteiger partial charge on any atom is -0.465 e. The maximum absolute atomic E-state index is 12.7. The average molecular weight is 458 g/mol. The molecule has 0 N–H and O–H groups in total. The van der Waals surface area contributed by atoms with Gasteiger partial charge in [0.2, 0.25) is 0 Å². The number of ether oxygens (including phenoxy) is 1. The number of halogens is 3. The highest BCUT2D eigenvalue weighted by molar-refractivity contribution is 7.16. The van der Waals surface area contributed by atoms with Crippen molar-refractivity contribution in [3.05, 3.63) is 61.3 Å². The molecule has 3 aromatic rings. The van der Waals surface area contributed by atoms with Crippen molar-refractivity contribution in [1.29, 1.82) is 0 Å². The zero-order valence-electron chi connectivity index (χ0n) is 15.0. The Bertz CT molecular complexity index is 1130. The second-order valence-corrected chi connectivity index (χ2v) is 8.16. The van der Waals surface area contributed by atoms with Gasteiger partial charge >= 0.3 is 5.97 Å². The molecule has 1 aromatic heterocycles. The molecule has 28 heavy (non-hydrogen) atoms. The number of thiazole rings is 1. The van der Waals surface area contributed by atoms with Crippen molar-refractivity contribution in [2.45, 2.75) is 20.4 Å². The molecule has 5 nitrogen and oxygen atoms in total. The number of rotatable bonds is 4. The second kappa shape index (κ2) is 8.66. The summed E-state index contributed by atoms with van der Waals surface area (Å²) < 4.78 is 7.55. The normalized spacial score (nSPS) is 11.8. The molecule has 0 aliphatic rings. The van der Waals surface area contributed by atoms with E-state index in [2.05, 4.69) is 4.99 Å². The van der Waals surface area contributed by atoms with Crippen LogP contribution in [0.5, 0.6) is 0 Å². The second-order valence-electron chi connectivity index (χ2n) is 5.87. The van der Waals surface area contributed by atoms with Crippen molar-refractivity contribution in [3.63, 3.8) is 0 Å². The van der Waals surface area contributed by atoms with Crippen LogP contribution in [0.25, 0.3) is 10.2 Å². The Morgan fingerprint density at radius 1 is 1.14 bits per heavy atom. The molecule has 9 heteroatoms. The van der Waals surface area contributed by atoms with Crippen molar-refractivity contribution in [1.82, 2.24) is 4.57 Å². The maximum atomic E-state index is 12.7. The molecule has 0 saturated heterocycles. The summed E-state index contributed by atoms with van der Waals surface area (Å²) in [5.41, 5.74) is 1.79. The molecule has 0 fully saturated rings. The van der Waals surface area contributed by atoms with Crippen molar-refractivity contribution >= 4 is 68.2 Å². The molecule has 0 radical (unpaired) electrons. The summed E-state index contributed by atoms with van der Waals surface area (Å²) in [6, 6.07) is 8.11. The lowest BCUT2D eigenvalue weighted by atomic mass is 10.2. The first-order valence-electron chi connectivity index (χ1n) is 8.29. The summed E-state index contributed by atoms with van der Waals surface area (Å²) in [6.45, 7) is 3.75. The monoisotopic (exact) mass is 456 g/mol. The van der Waals surface area contributed by atoms with E-state index < -0.39 is 11.9 Å². The first-order chi connectivity index (χ1) is 13.3. The summed E-state index contributed by atoms with van der Waals surface area (Å²) in [6.07, 6.45) is 0. The lowest BCUT2D eigenvalue weighted by molar-refractivity contribution is -0.143. The van der Waals surface area contributed by atoms with Crippen LogP contribution < -0.4 is 4.80 Å². The van der Waals surface area contributed by atoms with E-state index in [1.165, 1.54) is 29.5 Å². The summed E-state index contributed by atoms with van der Waals surface area (Å²) in [4.78, 5) is 29.4. The van der Waals surface area contributed by atoms with Gasteiger partial charge in [0.25, 0.3) is 5.91 Å². The highest BCUT2D eigenvalue weighted by Crippen LogP contribution is 2.27. The molecule has 1 heterocycles. The van der Waals surface area contributed by atoms with Crippen LogP contribution in [0.1, 0.15) is 22.8 Å². The van der Waals surface area contributed by atoms with E-state index in [1.54, 1.807) is 17.6 Å². The lowest BCUT2D eigenvalue weighted by Crippen LogP contribution is -2.23. The van der Waals surface area contributed by atoms with Gasteiger partial charge in [0, 0.05) is 20.6 Å². The van der Waals surface area contributed by atoms with E-state index in [4.69, 9.17) is 39.5 Å². The number of fused-ring (bicyclic) bond motifs is 1. The first-order valence-corrected chi connectivity index (χ1v) is 10.2. The molecule has 0 unspecified atom stereocenters. The van der Waals surface area contributed by atoms with E-state index in [9.17, 15) is 9.59 Å². The molecule has 0 atom stereocenters. The smallest absolute Gasteiger partial charge is 0.326 e. The number of amides is 1. The van der Waals surface area contributed by atoms with Gasteiger partial charge in [0.1, 0.15) is 6.54 Å². The van der Waals surface area contributed by atoms with Crippen LogP contribution in [0.2, 0.25) is 15.1 Å². The Labute approximate surface area is 180 Å². The van der Waals surface area contributed by atoms with Crippen LogP contribution in [0.4, 0.5) is 0 Å². The number of carbonyl (C=O) groups is 2. The average Bonchev–Trinajstić information content (AvgIpc) is 2.95. The number of aromatic nitrogens is 1. The van der Waals surface area contributed by atoms with Crippen LogP contribution in [0.15, 0.2) is 35.3 Å². The van der Waals surface area contributed by atoms with Gasteiger partial charge in [-0.25, -0.2) is 0 Å². The Kier molecular flexibility index (Phi) is 6.45. The summed E-state index contributed by atoms with van der Waals surface area (Å²) >= 11 is 19.5. The SMILES string of the molecule is CCOC(=O)Cn1c(=NC(=O)c2cc(Cl)cc(Cl)c2)sc2ccc(Cl)c(C)c21. The summed E-state index contributed by atoms with van der Waals surface area (Å²) in [5.74, 6) is -0.946. The number of esters is 1. The molecular weight excluding hydrogens is 443 g/mol. The van der Waals surface area contributed by atoms with Crippen LogP contribution in [-0.2, 0) is 16.1 Å². The van der Waals surface area contributed by atoms with Gasteiger partial charge < -0.3 is 9.30 Å². The third-order valence-electron chi connectivity index (χ3n) is 3.93. The summed E-state index contributed by atoms with van der Waals surface area (Å²) in [7, 11) is 0. The molecule has 0 spiro atoms. The fraction of sp³-hybridized carbons (Fsp3) is 0.211. The number of benzene rings is 2. The standard InChI is InChI=1S/C19H15Cl3N2O3S/c1-3-27-16(25)9-24-17-10(2)14(22)4-5-15(17)28-19(24)23-18(26)11-6-12(20)8-13(21)7-11/h4-8H,3,9H2,1-2H3. The molecule has 3 rings (SSSR count). The van der Waals surface area contributed by atoms with Gasteiger partial charge in [-0.1, -0.05) is 46.1 Å². The summed E-state index contributed by atoms with van der Waals surface area (Å²) in [5, 5.41) is 1.23. The van der Waals surface area contributed by atoms with Gasteiger partial charge in [-0.15, -0.1) is 0 Å². The maximum Gasteiger partial charge on any atom is 0.326 e. The van der Waals surface area contributed by atoms with Gasteiger partial charge in [-0.3, -0.25) is 9.59 Å². The number of hydrogen-bond donors (Lipinski definition) is 0. The van der Waals surface area contributed by atoms with Crippen LogP contribution in [0.3, 0.4) is 0 Å². The zero-order valence-corrected chi connectivity index (χ0v) is 18.0. The van der Waals surface area contributed by atoms with Gasteiger partial charge in [-0.2, -0.15) is 4.99 Å². The molecular formula is C19H15Cl3N2O3S. The third-order valence-corrected chi connectivity index (χ3v) is 5.82. The Balaban J connectivity index is 2.18. The quantitative estimate of drug-likeness (QED) is 0.501. The van der Waals surface area contributed by atoms with E-state index in [0.717, 1.165) is 15.8 Å². The van der Waals surface area contributed by atoms with Crippen molar-refractivity contribution in [2.24, 2.45) is 4.99 Å². The van der Waals surface area contributed by atoms with E-state index in [1.807, 2.05) is 13.0 Å². The molecule has 1 amide bonds. The zero-order chi connectivity index (χ0) is 20.4. The number of carbonyl (C=O) groups excluding carboxylic acids is 2. The number of hydrogen-bond acceptors (Lipinski definition) is 4. The van der Waals surface area contributed by atoms with Crippen LogP contribution >= 0.6 is 46.1 Å². The highest BCUT2D eigenvalue weighted by Gasteiger charge is 2.16. The fourth-order valence-corrected chi connectivity index (χ4v) is 4.48. The van der Waals surface area contributed by atoms with Crippen LogP contribution in [-0.4, -0.2) is 23.1 Å². The lowest BCUT2D eigenvalue weighted by Gasteiger charge is -2.08. The Hall–Kier alpha value is -1.86. The predicted molar refractivity (Wildman–Crippen MR) is 113 cm³/mol. The van der Waals surface area contributed by atoms with E-state index in [-0.39, 0.29) is 18.7 Å². The third kappa shape index (κ3) is 4.41. The van der Waals surface area contributed by atoms with Gasteiger partial charge in [0.15, 0.2) is 4.80 Å². The fourth-order valence-electron chi connectivity index (χ4n) is 2.71. The minimum absolute atomic E-state index is 0.0859. The van der Waals surface area contributed by atoms with Gasteiger partial charge in [0.05, 0.1) is 16.8 Å². The van der Waals surface area contributed by atoms with Crippen LogP contribution in [0, 0.1) is 6.92 Å². The number of aryl methyl sites for hydroxylation is 1. The molecule has 2 aromatic carbocycles.